The third kappa shape index (κ3) is 6.04. The smallest absolute Gasteiger partial charge is 0.267 e. The van der Waals surface area contributed by atoms with Crippen molar-refractivity contribution in [2.45, 2.75) is 26.8 Å². The molecule has 0 bridgehead atoms. The van der Waals surface area contributed by atoms with Crippen LogP contribution in [0.4, 0.5) is 5.69 Å². The number of carbonyl (C=O) groups excluding carboxylic acids is 2. The molecule has 0 aliphatic rings. The average Bonchev–Trinajstić information content (AvgIpc) is 2.78. The number of ether oxygens (including phenoxy) is 1. The van der Waals surface area contributed by atoms with Crippen molar-refractivity contribution in [1.82, 2.24) is 15.1 Å². The molecule has 8 heteroatoms. The topological polar surface area (TPSA) is 102 Å². The number of benzene rings is 2. The predicted molar refractivity (Wildman–Crippen MR) is 123 cm³/mol. The standard InChI is InChI=1S/C24H26N4O4/c1-16-4-6-19(7-5-16)22-12-13-23(30)28(27-22)17(2)24(31)26-20-8-10-21(11-9-20)32-15-14-25-18(3)29/h4-13,17H,14-15H2,1-3H3,(H,25,29)(H,26,31). The van der Waals surface area contributed by atoms with E-state index in [9.17, 15) is 14.4 Å². The lowest BCUT2D eigenvalue weighted by Crippen LogP contribution is -2.33. The molecule has 2 amide bonds. The molecule has 0 aliphatic heterocycles. The van der Waals surface area contributed by atoms with E-state index < -0.39 is 6.04 Å². The largest absolute Gasteiger partial charge is 0.492 e. The highest BCUT2D eigenvalue weighted by Crippen LogP contribution is 2.19. The minimum atomic E-state index is -0.804. The first-order valence-corrected chi connectivity index (χ1v) is 10.3. The second-order valence-corrected chi connectivity index (χ2v) is 7.39. The molecule has 0 fully saturated rings. The van der Waals surface area contributed by atoms with E-state index in [2.05, 4.69) is 15.7 Å². The van der Waals surface area contributed by atoms with Crippen molar-refractivity contribution >= 4 is 17.5 Å². The molecule has 0 radical (unpaired) electrons. The summed E-state index contributed by atoms with van der Waals surface area (Å²) in [6.45, 7) is 5.82. The molecule has 1 atom stereocenters. The SMILES string of the molecule is CC(=O)NCCOc1ccc(NC(=O)C(C)n2nc(-c3ccc(C)cc3)ccc2=O)cc1. The van der Waals surface area contributed by atoms with Gasteiger partial charge in [-0.3, -0.25) is 14.4 Å². The van der Waals surface area contributed by atoms with Crippen LogP contribution in [0, 0.1) is 6.92 Å². The van der Waals surface area contributed by atoms with Gasteiger partial charge in [-0.2, -0.15) is 5.10 Å². The first kappa shape index (κ1) is 22.7. The fourth-order valence-corrected chi connectivity index (χ4v) is 2.97. The van der Waals surface area contributed by atoms with E-state index in [-0.39, 0.29) is 17.4 Å². The number of nitrogens with one attached hydrogen (secondary N) is 2. The average molecular weight is 434 g/mol. The van der Waals surface area contributed by atoms with Crippen LogP contribution in [-0.4, -0.2) is 34.7 Å². The summed E-state index contributed by atoms with van der Waals surface area (Å²) in [5.41, 5.74) is 2.82. The van der Waals surface area contributed by atoms with Crippen LogP contribution in [0.1, 0.15) is 25.5 Å². The van der Waals surface area contributed by atoms with Crippen LogP contribution in [-0.2, 0) is 9.59 Å². The van der Waals surface area contributed by atoms with Crippen LogP contribution in [0.3, 0.4) is 0 Å². The zero-order valence-electron chi connectivity index (χ0n) is 18.3. The molecule has 1 unspecified atom stereocenters. The van der Waals surface area contributed by atoms with Gasteiger partial charge in [-0.1, -0.05) is 29.8 Å². The molecule has 32 heavy (non-hydrogen) atoms. The minimum absolute atomic E-state index is 0.112. The molecule has 0 spiro atoms. The van der Waals surface area contributed by atoms with E-state index in [0.717, 1.165) is 11.1 Å². The van der Waals surface area contributed by atoms with Gasteiger partial charge in [0, 0.05) is 24.2 Å². The van der Waals surface area contributed by atoms with Crippen molar-refractivity contribution < 1.29 is 14.3 Å². The predicted octanol–water partition coefficient (Wildman–Crippen LogP) is 2.93. The van der Waals surface area contributed by atoms with Crippen molar-refractivity contribution in [2.75, 3.05) is 18.5 Å². The Bertz CT molecular complexity index is 1140. The highest BCUT2D eigenvalue weighted by atomic mass is 16.5. The molecule has 0 saturated carbocycles. The fraction of sp³-hybridized carbons (Fsp3) is 0.250. The molecule has 2 N–H and O–H groups in total. The zero-order valence-corrected chi connectivity index (χ0v) is 18.3. The maximum Gasteiger partial charge on any atom is 0.267 e. The summed E-state index contributed by atoms with van der Waals surface area (Å²) in [5.74, 6) is 0.142. The van der Waals surface area contributed by atoms with Gasteiger partial charge in [-0.25, -0.2) is 4.68 Å². The van der Waals surface area contributed by atoms with Crippen LogP contribution in [0.2, 0.25) is 0 Å². The number of carbonyl (C=O) groups is 2. The van der Waals surface area contributed by atoms with E-state index in [4.69, 9.17) is 4.74 Å². The van der Waals surface area contributed by atoms with Crippen LogP contribution < -0.4 is 20.9 Å². The molecule has 166 valence electrons. The summed E-state index contributed by atoms with van der Waals surface area (Å²) < 4.78 is 6.71. The molecule has 0 aliphatic carbocycles. The monoisotopic (exact) mass is 434 g/mol. The summed E-state index contributed by atoms with van der Waals surface area (Å²) >= 11 is 0. The van der Waals surface area contributed by atoms with Crippen molar-refractivity contribution in [3.63, 3.8) is 0 Å². The normalized spacial score (nSPS) is 11.5. The number of amides is 2. The number of aryl methyl sites for hydroxylation is 1. The van der Waals surface area contributed by atoms with E-state index in [0.29, 0.717) is 30.3 Å². The Hall–Kier alpha value is -3.94. The molecular weight excluding hydrogens is 408 g/mol. The number of nitrogens with zero attached hydrogens (tertiary/aromatic N) is 2. The zero-order chi connectivity index (χ0) is 23.1. The maximum absolute atomic E-state index is 12.7. The van der Waals surface area contributed by atoms with Gasteiger partial charge in [0.15, 0.2) is 0 Å². The van der Waals surface area contributed by atoms with E-state index in [1.165, 1.54) is 17.7 Å². The van der Waals surface area contributed by atoms with Gasteiger partial charge in [-0.15, -0.1) is 0 Å². The van der Waals surface area contributed by atoms with Gasteiger partial charge in [-0.05, 0) is 44.2 Å². The molecule has 0 saturated heterocycles. The van der Waals surface area contributed by atoms with Crippen molar-refractivity contribution in [3.05, 3.63) is 76.6 Å². The molecule has 1 aromatic heterocycles. The van der Waals surface area contributed by atoms with Gasteiger partial charge < -0.3 is 15.4 Å². The summed E-state index contributed by atoms with van der Waals surface area (Å²) in [4.78, 5) is 35.9. The van der Waals surface area contributed by atoms with Crippen molar-refractivity contribution in [3.8, 4) is 17.0 Å². The molecule has 3 aromatic rings. The number of aromatic nitrogens is 2. The first-order chi connectivity index (χ1) is 15.3. The fourth-order valence-electron chi connectivity index (χ4n) is 2.97. The molecule has 3 rings (SSSR count). The highest BCUT2D eigenvalue weighted by Gasteiger charge is 2.18. The summed E-state index contributed by atoms with van der Waals surface area (Å²) in [5, 5.41) is 9.84. The Morgan fingerprint density at radius 3 is 2.38 bits per heavy atom. The number of rotatable bonds is 8. The minimum Gasteiger partial charge on any atom is -0.492 e. The van der Waals surface area contributed by atoms with Gasteiger partial charge in [0.2, 0.25) is 11.8 Å². The van der Waals surface area contributed by atoms with Crippen LogP contribution in [0.15, 0.2) is 65.5 Å². The Balaban J connectivity index is 1.65. The highest BCUT2D eigenvalue weighted by molar-refractivity contribution is 5.93. The van der Waals surface area contributed by atoms with Gasteiger partial charge >= 0.3 is 0 Å². The quantitative estimate of drug-likeness (QED) is 0.531. The Labute approximate surface area is 186 Å². The van der Waals surface area contributed by atoms with E-state index >= 15 is 0 Å². The van der Waals surface area contributed by atoms with Gasteiger partial charge in [0.1, 0.15) is 18.4 Å². The van der Waals surface area contributed by atoms with Crippen LogP contribution in [0.25, 0.3) is 11.3 Å². The summed E-state index contributed by atoms with van der Waals surface area (Å²) in [6.07, 6.45) is 0. The second-order valence-electron chi connectivity index (χ2n) is 7.39. The molecule has 2 aromatic carbocycles. The number of hydrogen-bond donors (Lipinski definition) is 2. The van der Waals surface area contributed by atoms with E-state index in [1.807, 2.05) is 31.2 Å². The van der Waals surface area contributed by atoms with Crippen LogP contribution >= 0.6 is 0 Å². The Kier molecular flexibility index (Phi) is 7.38. The van der Waals surface area contributed by atoms with Gasteiger partial charge in [0.25, 0.3) is 5.56 Å². The van der Waals surface area contributed by atoms with Crippen LogP contribution in [0.5, 0.6) is 5.75 Å². The molecular formula is C24H26N4O4. The van der Waals surface area contributed by atoms with Gasteiger partial charge in [0.05, 0.1) is 12.2 Å². The summed E-state index contributed by atoms with van der Waals surface area (Å²) in [6, 6.07) is 16.9. The Morgan fingerprint density at radius 1 is 1.03 bits per heavy atom. The molecule has 8 nitrogen and oxygen atoms in total. The number of hydrogen-bond acceptors (Lipinski definition) is 5. The lowest BCUT2D eigenvalue weighted by atomic mass is 10.1. The third-order valence-corrected chi connectivity index (χ3v) is 4.79. The van der Waals surface area contributed by atoms with E-state index in [1.54, 1.807) is 37.3 Å². The van der Waals surface area contributed by atoms with Crippen molar-refractivity contribution in [2.24, 2.45) is 0 Å². The lowest BCUT2D eigenvalue weighted by molar-refractivity contribution is -0.119. The maximum atomic E-state index is 12.7. The lowest BCUT2D eigenvalue weighted by Gasteiger charge is -2.15. The molecule has 1 heterocycles. The Morgan fingerprint density at radius 2 is 1.72 bits per heavy atom. The first-order valence-electron chi connectivity index (χ1n) is 10.3. The summed E-state index contributed by atoms with van der Waals surface area (Å²) in [7, 11) is 0. The third-order valence-electron chi connectivity index (χ3n) is 4.79. The second kappa shape index (κ2) is 10.4. The van der Waals surface area contributed by atoms with Crippen molar-refractivity contribution in [1.29, 1.82) is 0 Å². The number of anilines is 1.